The van der Waals surface area contributed by atoms with Crippen LogP contribution in [-0.2, 0) is 18.1 Å². The van der Waals surface area contributed by atoms with Crippen molar-refractivity contribution in [3.05, 3.63) is 60.4 Å². The SMILES string of the molecule is c1ccc(COCn2cccc2)cc1. The maximum Gasteiger partial charge on any atom is 0.122 e. The Hall–Kier alpha value is -1.54. The summed E-state index contributed by atoms with van der Waals surface area (Å²) in [5.41, 5.74) is 1.21. The van der Waals surface area contributed by atoms with E-state index in [2.05, 4.69) is 12.1 Å². The van der Waals surface area contributed by atoms with Gasteiger partial charge in [0.2, 0.25) is 0 Å². The van der Waals surface area contributed by atoms with Crippen molar-refractivity contribution in [1.82, 2.24) is 4.57 Å². The Labute approximate surface area is 83.8 Å². The van der Waals surface area contributed by atoms with Crippen LogP contribution in [0.5, 0.6) is 0 Å². The molecule has 0 saturated carbocycles. The molecule has 0 radical (unpaired) electrons. The van der Waals surface area contributed by atoms with Gasteiger partial charge in [-0.25, -0.2) is 0 Å². The van der Waals surface area contributed by atoms with E-state index >= 15 is 0 Å². The molecule has 0 fully saturated rings. The third-order valence-electron chi connectivity index (χ3n) is 2.02. The molecule has 2 aromatic rings. The summed E-state index contributed by atoms with van der Waals surface area (Å²) < 4.78 is 7.53. The van der Waals surface area contributed by atoms with Crippen LogP contribution in [0.2, 0.25) is 0 Å². The quantitative estimate of drug-likeness (QED) is 0.717. The molecule has 0 aliphatic rings. The number of ether oxygens (including phenoxy) is 1. The monoisotopic (exact) mass is 187 g/mol. The third-order valence-corrected chi connectivity index (χ3v) is 2.02. The van der Waals surface area contributed by atoms with Crippen molar-refractivity contribution in [2.45, 2.75) is 13.3 Å². The highest BCUT2D eigenvalue weighted by atomic mass is 16.5. The van der Waals surface area contributed by atoms with E-state index in [-0.39, 0.29) is 0 Å². The fourth-order valence-corrected chi connectivity index (χ4v) is 1.30. The van der Waals surface area contributed by atoms with Crippen LogP contribution in [0.4, 0.5) is 0 Å². The van der Waals surface area contributed by atoms with Crippen molar-refractivity contribution in [2.75, 3.05) is 0 Å². The van der Waals surface area contributed by atoms with Gasteiger partial charge in [0, 0.05) is 12.4 Å². The largest absolute Gasteiger partial charge is 0.356 e. The third kappa shape index (κ3) is 2.47. The molecule has 2 heteroatoms. The number of hydrogen-bond donors (Lipinski definition) is 0. The maximum absolute atomic E-state index is 5.53. The lowest BCUT2D eigenvalue weighted by Gasteiger charge is -2.04. The van der Waals surface area contributed by atoms with Gasteiger partial charge in [-0.15, -0.1) is 0 Å². The van der Waals surface area contributed by atoms with Gasteiger partial charge in [0.1, 0.15) is 6.73 Å². The van der Waals surface area contributed by atoms with E-state index in [1.165, 1.54) is 5.56 Å². The van der Waals surface area contributed by atoms with E-state index in [1.54, 1.807) is 0 Å². The second kappa shape index (κ2) is 4.63. The van der Waals surface area contributed by atoms with Gasteiger partial charge in [-0.05, 0) is 17.7 Å². The fourth-order valence-electron chi connectivity index (χ4n) is 1.30. The topological polar surface area (TPSA) is 14.2 Å². The summed E-state index contributed by atoms with van der Waals surface area (Å²) >= 11 is 0. The Bertz CT molecular complexity index is 353. The van der Waals surface area contributed by atoms with Gasteiger partial charge in [-0.3, -0.25) is 0 Å². The second-order valence-corrected chi connectivity index (χ2v) is 3.16. The average Bonchev–Trinajstić information content (AvgIpc) is 2.72. The van der Waals surface area contributed by atoms with Crippen LogP contribution in [0.3, 0.4) is 0 Å². The van der Waals surface area contributed by atoms with Crippen LogP contribution in [0.15, 0.2) is 54.9 Å². The highest BCUT2D eigenvalue weighted by Gasteiger charge is 1.91. The number of hydrogen-bond acceptors (Lipinski definition) is 1. The second-order valence-electron chi connectivity index (χ2n) is 3.16. The van der Waals surface area contributed by atoms with Crippen molar-refractivity contribution < 1.29 is 4.74 Å². The average molecular weight is 187 g/mol. The zero-order chi connectivity index (χ0) is 9.64. The van der Waals surface area contributed by atoms with Crippen LogP contribution in [0.1, 0.15) is 5.56 Å². The Morgan fingerprint density at radius 1 is 0.929 bits per heavy atom. The van der Waals surface area contributed by atoms with Crippen molar-refractivity contribution in [3.8, 4) is 0 Å². The van der Waals surface area contributed by atoms with Crippen LogP contribution in [-0.4, -0.2) is 4.57 Å². The number of rotatable bonds is 4. The van der Waals surface area contributed by atoms with Crippen LogP contribution >= 0.6 is 0 Å². The zero-order valence-electron chi connectivity index (χ0n) is 7.97. The minimum Gasteiger partial charge on any atom is -0.356 e. The molecule has 0 aliphatic heterocycles. The molecule has 1 aromatic heterocycles. The molecular formula is C12H13NO. The van der Waals surface area contributed by atoms with Crippen molar-refractivity contribution in [3.63, 3.8) is 0 Å². The van der Waals surface area contributed by atoms with Crippen molar-refractivity contribution in [2.24, 2.45) is 0 Å². The first-order valence-corrected chi connectivity index (χ1v) is 4.67. The lowest BCUT2D eigenvalue weighted by Crippen LogP contribution is -1.99. The van der Waals surface area contributed by atoms with Gasteiger partial charge in [0.05, 0.1) is 6.61 Å². The molecular weight excluding hydrogens is 174 g/mol. The van der Waals surface area contributed by atoms with Crippen LogP contribution in [0.25, 0.3) is 0 Å². The molecule has 0 amide bonds. The first-order valence-electron chi connectivity index (χ1n) is 4.67. The molecule has 0 aliphatic carbocycles. The van der Waals surface area contributed by atoms with E-state index < -0.39 is 0 Å². The Morgan fingerprint density at radius 3 is 2.36 bits per heavy atom. The van der Waals surface area contributed by atoms with Gasteiger partial charge in [-0.1, -0.05) is 30.3 Å². The van der Waals surface area contributed by atoms with Crippen LogP contribution in [0, 0.1) is 0 Å². The van der Waals surface area contributed by atoms with E-state index in [1.807, 2.05) is 47.3 Å². The molecule has 14 heavy (non-hydrogen) atoms. The number of aromatic nitrogens is 1. The Kier molecular flexibility index (Phi) is 2.99. The molecule has 1 aromatic carbocycles. The standard InChI is InChI=1S/C12H13NO/c1-2-6-12(7-3-1)10-14-11-13-8-4-5-9-13/h1-9H,10-11H2. The molecule has 2 rings (SSSR count). The summed E-state index contributed by atoms with van der Waals surface area (Å²) in [5, 5.41) is 0. The Morgan fingerprint density at radius 2 is 1.64 bits per heavy atom. The molecule has 1 heterocycles. The van der Waals surface area contributed by atoms with Gasteiger partial charge in [0.15, 0.2) is 0 Å². The summed E-state index contributed by atoms with van der Waals surface area (Å²) in [6.45, 7) is 1.28. The molecule has 0 unspecified atom stereocenters. The van der Waals surface area contributed by atoms with Crippen molar-refractivity contribution in [1.29, 1.82) is 0 Å². The van der Waals surface area contributed by atoms with Gasteiger partial charge >= 0.3 is 0 Å². The Balaban J connectivity index is 1.79. The molecule has 0 saturated heterocycles. The zero-order valence-corrected chi connectivity index (χ0v) is 7.97. The van der Waals surface area contributed by atoms with E-state index in [0.717, 1.165) is 0 Å². The summed E-state index contributed by atoms with van der Waals surface area (Å²) in [5.74, 6) is 0. The van der Waals surface area contributed by atoms with E-state index in [9.17, 15) is 0 Å². The smallest absolute Gasteiger partial charge is 0.122 e. The predicted octanol–water partition coefficient (Wildman–Crippen LogP) is 2.66. The summed E-state index contributed by atoms with van der Waals surface area (Å²) in [7, 11) is 0. The first kappa shape index (κ1) is 9.03. The number of nitrogens with zero attached hydrogens (tertiary/aromatic N) is 1. The lowest BCUT2D eigenvalue weighted by molar-refractivity contribution is 0.0642. The van der Waals surface area contributed by atoms with E-state index in [0.29, 0.717) is 13.3 Å². The molecule has 2 nitrogen and oxygen atoms in total. The van der Waals surface area contributed by atoms with Crippen LogP contribution < -0.4 is 0 Å². The highest BCUT2D eigenvalue weighted by Crippen LogP contribution is 2.01. The van der Waals surface area contributed by atoms with Gasteiger partial charge in [-0.2, -0.15) is 0 Å². The van der Waals surface area contributed by atoms with Gasteiger partial charge in [0.25, 0.3) is 0 Å². The summed E-state index contributed by atoms with van der Waals surface area (Å²) in [4.78, 5) is 0. The lowest BCUT2D eigenvalue weighted by atomic mass is 10.2. The first-order chi connectivity index (χ1) is 6.95. The fraction of sp³-hybridized carbons (Fsp3) is 0.167. The highest BCUT2D eigenvalue weighted by molar-refractivity contribution is 5.13. The normalized spacial score (nSPS) is 10.3. The minimum absolute atomic E-state index is 0.613. The minimum atomic E-state index is 0.613. The molecule has 0 bridgehead atoms. The van der Waals surface area contributed by atoms with Gasteiger partial charge < -0.3 is 9.30 Å². The maximum atomic E-state index is 5.53. The summed E-state index contributed by atoms with van der Waals surface area (Å²) in [6.07, 6.45) is 3.98. The summed E-state index contributed by atoms with van der Waals surface area (Å²) in [6, 6.07) is 14.2. The van der Waals surface area contributed by atoms with Crippen molar-refractivity contribution >= 4 is 0 Å². The van der Waals surface area contributed by atoms with E-state index in [4.69, 9.17) is 4.74 Å². The number of benzene rings is 1. The predicted molar refractivity (Wildman–Crippen MR) is 55.7 cm³/mol. The molecule has 0 spiro atoms. The molecule has 0 N–H and O–H groups in total. The molecule has 0 atom stereocenters. The molecule has 72 valence electrons.